The Morgan fingerprint density at radius 1 is 0.880 bits per heavy atom. The van der Waals surface area contributed by atoms with Crippen LogP contribution in [0.15, 0.2) is 54.6 Å². The van der Waals surface area contributed by atoms with E-state index >= 15 is 0 Å². The Balaban J connectivity index is 1.68. The second-order valence-electron chi connectivity index (χ2n) is 5.16. The van der Waals surface area contributed by atoms with Gasteiger partial charge in [-0.15, -0.1) is 0 Å². The van der Waals surface area contributed by atoms with Crippen molar-refractivity contribution < 1.29 is 23.9 Å². The van der Waals surface area contributed by atoms with Crippen LogP contribution in [0.2, 0.25) is 0 Å². The molecule has 0 radical (unpaired) electrons. The fraction of sp³-hybridized carbons (Fsp3) is 0.211. The van der Waals surface area contributed by atoms with E-state index in [9.17, 15) is 14.4 Å². The number of hydrogen-bond acceptors (Lipinski definition) is 5. The maximum Gasteiger partial charge on any atom is 0.415 e. The fourth-order valence-electron chi connectivity index (χ4n) is 2.01. The molecule has 2 aromatic carbocycles. The van der Waals surface area contributed by atoms with Crippen LogP contribution in [-0.2, 0) is 15.9 Å². The first-order valence-electron chi connectivity index (χ1n) is 7.91. The summed E-state index contributed by atoms with van der Waals surface area (Å²) >= 11 is 0. The first-order chi connectivity index (χ1) is 12.1. The Kier molecular flexibility index (Phi) is 6.71. The molecule has 130 valence electrons. The van der Waals surface area contributed by atoms with E-state index in [-0.39, 0.29) is 18.7 Å². The molecule has 0 fully saturated rings. The van der Waals surface area contributed by atoms with E-state index in [2.05, 4.69) is 10.1 Å². The van der Waals surface area contributed by atoms with Crippen LogP contribution in [0.1, 0.15) is 33.2 Å². The Hall–Kier alpha value is -3.15. The van der Waals surface area contributed by atoms with Gasteiger partial charge in [0.1, 0.15) is 6.61 Å². The van der Waals surface area contributed by atoms with Gasteiger partial charge in [0.25, 0.3) is 0 Å². The molecule has 0 aliphatic heterocycles. The lowest BCUT2D eigenvalue weighted by Crippen LogP contribution is -2.30. The molecule has 1 N–H and O–H groups in total. The van der Waals surface area contributed by atoms with Crippen LogP contribution in [0.5, 0.6) is 0 Å². The van der Waals surface area contributed by atoms with Gasteiger partial charge in [-0.3, -0.25) is 0 Å². The SMILES string of the molecule is CCc1ccc(C(=O)OCCNC(=O)OC(=O)c2ccccc2)cc1. The van der Waals surface area contributed by atoms with Gasteiger partial charge in [0, 0.05) is 0 Å². The maximum atomic E-state index is 11.8. The smallest absolute Gasteiger partial charge is 0.415 e. The number of esters is 2. The minimum absolute atomic E-state index is 0.0248. The number of alkyl carbamates (subject to hydrolysis) is 1. The number of carbonyl (C=O) groups is 3. The third kappa shape index (κ3) is 5.76. The molecule has 6 heteroatoms. The molecule has 0 aliphatic rings. The van der Waals surface area contributed by atoms with Gasteiger partial charge in [0.05, 0.1) is 17.7 Å². The van der Waals surface area contributed by atoms with Gasteiger partial charge >= 0.3 is 18.0 Å². The van der Waals surface area contributed by atoms with Gasteiger partial charge in [0.15, 0.2) is 0 Å². The molecule has 0 saturated carbocycles. The molecule has 0 bridgehead atoms. The largest absolute Gasteiger partial charge is 0.460 e. The predicted octanol–water partition coefficient (Wildman–Crippen LogP) is 2.97. The number of benzene rings is 2. The molecule has 0 unspecified atom stereocenters. The Bertz CT molecular complexity index is 725. The highest BCUT2D eigenvalue weighted by Gasteiger charge is 2.12. The van der Waals surface area contributed by atoms with Crippen molar-refractivity contribution in [2.75, 3.05) is 13.2 Å². The summed E-state index contributed by atoms with van der Waals surface area (Å²) in [6.45, 7) is 2.04. The highest BCUT2D eigenvalue weighted by molar-refractivity contribution is 5.96. The van der Waals surface area contributed by atoms with Gasteiger partial charge in [0.2, 0.25) is 0 Å². The molecule has 0 aliphatic carbocycles. The second kappa shape index (κ2) is 9.22. The van der Waals surface area contributed by atoms with Crippen LogP contribution < -0.4 is 5.32 Å². The summed E-state index contributed by atoms with van der Waals surface area (Å²) in [6.07, 6.45) is 0.000445. The van der Waals surface area contributed by atoms with E-state index in [4.69, 9.17) is 4.74 Å². The first-order valence-corrected chi connectivity index (χ1v) is 7.91. The van der Waals surface area contributed by atoms with E-state index in [1.807, 2.05) is 19.1 Å². The Morgan fingerprint density at radius 2 is 1.52 bits per heavy atom. The third-order valence-corrected chi connectivity index (χ3v) is 3.40. The highest BCUT2D eigenvalue weighted by atomic mass is 16.6. The van der Waals surface area contributed by atoms with E-state index in [0.717, 1.165) is 12.0 Å². The van der Waals surface area contributed by atoms with Crippen LogP contribution in [0, 0.1) is 0 Å². The number of amides is 1. The van der Waals surface area contributed by atoms with Crippen molar-refractivity contribution in [2.45, 2.75) is 13.3 Å². The third-order valence-electron chi connectivity index (χ3n) is 3.40. The lowest BCUT2D eigenvalue weighted by molar-refractivity contribution is 0.0493. The van der Waals surface area contributed by atoms with Crippen molar-refractivity contribution in [1.82, 2.24) is 5.32 Å². The Morgan fingerprint density at radius 3 is 2.16 bits per heavy atom. The van der Waals surface area contributed by atoms with Crippen LogP contribution >= 0.6 is 0 Å². The summed E-state index contributed by atoms with van der Waals surface area (Å²) in [5.41, 5.74) is 1.85. The summed E-state index contributed by atoms with van der Waals surface area (Å²) < 4.78 is 9.67. The molecule has 2 aromatic rings. The molecular formula is C19H19NO5. The van der Waals surface area contributed by atoms with Crippen LogP contribution in [-0.4, -0.2) is 31.2 Å². The zero-order chi connectivity index (χ0) is 18.1. The van der Waals surface area contributed by atoms with E-state index in [1.54, 1.807) is 42.5 Å². The molecule has 25 heavy (non-hydrogen) atoms. The van der Waals surface area contributed by atoms with Gasteiger partial charge in [-0.2, -0.15) is 0 Å². The van der Waals surface area contributed by atoms with Crippen LogP contribution in [0.25, 0.3) is 0 Å². The number of nitrogens with one attached hydrogen (secondary N) is 1. The monoisotopic (exact) mass is 341 g/mol. The van der Waals surface area contributed by atoms with Crippen molar-refractivity contribution in [3.63, 3.8) is 0 Å². The number of rotatable bonds is 6. The highest BCUT2D eigenvalue weighted by Crippen LogP contribution is 2.06. The molecule has 1 amide bonds. The van der Waals surface area contributed by atoms with E-state index in [1.165, 1.54) is 0 Å². The Labute approximate surface area is 145 Å². The lowest BCUT2D eigenvalue weighted by Gasteiger charge is -2.07. The molecule has 0 spiro atoms. The predicted molar refractivity (Wildman–Crippen MR) is 91.4 cm³/mol. The zero-order valence-corrected chi connectivity index (χ0v) is 13.9. The van der Waals surface area contributed by atoms with Crippen molar-refractivity contribution >= 4 is 18.0 Å². The summed E-state index contributed by atoms with van der Waals surface area (Å²) in [5.74, 6) is -1.22. The molecule has 2 rings (SSSR count). The molecule has 0 saturated heterocycles. The average molecular weight is 341 g/mol. The lowest BCUT2D eigenvalue weighted by atomic mass is 10.1. The van der Waals surface area contributed by atoms with Gasteiger partial charge in [-0.1, -0.05) is 37.3 Å². The molecule has 0 aromatic heterocycles. The number of hydrogen-bond donors (Lipinski definition) is 1. The van der Waals surface area contributed by atoms with Crippen LogP contribution in [0.4, 0.5) is 4.79 Å². The second-order valence-corrected chi connectivity index (χ2v) is 5.16. The fourth-order valence-corrected chi connectivity index (χ4v) is 2.01. The maximum absolute atomic E-state index is 11.8. The van der Waals surface area contributed by atoms with Gasteiger partial charge in [-0.25, -0.2) is 14.4 Å². The summed E-state index contributed by atoms with van der Waals surface area (Å²) in [6, 6.07) is 15.3. The summed E-state index contributed by atoms with van der Waals surface area (Å²) in [7, 11) is 0. The standard InChI is InChI=1S/C19H19NO5/c1-2-14-8-10-16(11-9-14)17(21)24-13-12-20-19(23)25-18(22)15-6-4-3-5-7-15/h3-11H,2,12-13H2,1H3,(H,20,23). The quantitative estimate of drug-likeness (QED) is 0.496. The van der Waals surface area contributed by atoms with E-state index < -0.39 is 18.0 Å². The zero-order valence-electron chi connectivity index (χ0n) is 13.9. The average Bonchev–Trinajstić information content (AvgIpc) is 2.65. The minimum Gasteiger partial charge on any atom is -0.460 e. The minimum atomic E-state index is -0.891. The molecule has 0 atom stereocenters. The number of ether oxygens (including phenoxy) is 2. The van der Waals surface area contributed by atoms with Crippen molar-refractivity contribution in [3.05, 3.63) is 71.3 Å². The van der Waals surface area contributed by atoms with Gasteiger partial charge in [-0.05, 0) is 36.2 Å². The van der Waals surface area contributed by atoms with Gasteiger partial charge < -0.3 is 14.8 Å². The molecule has 0 heterocycles. The van der Waals surface area contributed by atoms with E-state index in [0.29, 0.717) is 5.56 Å². The normalized spacial score (nSPS) is 9.96. The van der Waals surface area contributed by atoms with Crippen molar-refractivity contribution in [3.8, 4) is 0 Å². The van der Waals surface area contributed by atoms with Crippen molar-refractivity contribution in [2.24, 2.45) is 0 Å². The van der Waals surface area contributed by atoms with Crippen LogP contribution in [0.3, 0.4) is 0 Å². The summed E-state index contributed by atoms with van der Waals surface area (Å²) in [4.78, 5) is 35.0. The molecule has 6 nitrogen and oxygen atoms in total. The van der Waals surface area contributed by atoms with Crippen molar-refractivity contribution in [1.29, 1.82) is 0 Å². The summed E-state index contributed by atoms with van der Waals surface area (Å²) in [5, 5.41) is 2.35. The molecular weight excluding hydrogens is 322 g/mol. The first kappa shape index (κ1) is 18.2. The number of carbonyl (C=O) groups excluding carboxylic acids is 3. The topological polar surface area (TPSA) is 81.7 Å². The number of aryl methyl sites for hydroxylation is 1.